The van der Waals surface area contributed by atoms with Crippen LogP contribution < -0.4 is 10.4 Å². The molecule has 0 fully saturated rings. The van der Waals surface area contributed by atoms with Gasteiger partial charge in [-0.05, 0) is 27.7 Å². The second-order valence-corrected chi connectivity index (χ2v) is 13.3. The van der Waals surface area contributed by atoms with Crippen LogP contribution in [0, 0.1) is 56.4 Å². The minimum Gasteiger partial charge on any atom is -0.358 e. The minimum absolute atomic E-state index is 0. The summed E-state index contributed by atoms with van der Waals surface area (Å²) < 4.78 is 0. The van der Waals surface area contributed by atoms with Gasteiger partial charge in [0.05, 0.1) is 0 Å². The first-order valence-corrected chi connectivity index (χ1v) is 13.0. The number of rotatable bonds is 2. The van der Waals surface area contributed by atoms with Gasteiger partial charge >= 0.3 is 26.2 Å². The van der Waals surface area contributed by atoms with Crippen molar-refractivity contribution in [1.82, 2.24) is 0 Å². The molecule has 0 aliphatic heterocycles. The zero-order chi connectivity index (χ0) is 19.7. The Hall–Kier alpha value is -1.24. The molecule has 0 saturated heterocycles. The maximum Gasteiger partial charge on any atom is 4.00 e. The predicted molar refractivity (Wildman–Crippen MR) is 137 cm³/mol. The molecule has 0 unspecified atom stereocenters. The number of hydrogen-bond donors (Lipinski definition) is 0. The summed E-state index contributed by atoms with van der Waals surface area (Å²) in [5.74, 6) is 0. The summed E-state index contributed by atoms with van der Waals surface area (Å²) in [6, 6.07) is 14.4. The normalized spacial score (nSPS) is 11.2. The molecule has 4 aromatic rings. The Morgan fingerprint density at radius 2 is 0.867 bits per heavy atom. The molecular weight excluding hydrogens is 456 g/mol. The van der Waals surface area contributed by atoms with Crippen LogP contribution in [0.25, 0.3) is 21.5 Å². The van der Waals surface area contributed by atoms with Crippen molar-refractivity contribution in [3.8, 4) is 0 Å². The SMILES string of the molecule is Cc1cc2[cH-]c(C)c([Si](C)(C)c3c(C)[cH-]c4cc(C)c(C)cc34)c2cc1C.[CH3-].[CH3-].[Zr+4]. The van der Waals surface area contributed by atoms with Gasteiger partial charge in [0.2, 0.25) is 0 Å². The largest absolute Gasteiger partial charge is 4.00 e. The van der Waals surface area contributed by atoms with E-state index in [0.29, 0.717) is 0 Å². The van der Waals surface area contributed by atoms with Crippen molar-refractivity contribution < 1.29 is 26.2 Å². The minimum atomic E-state index is -1.85. The third-order valence-corrected chi connectivity index (χ3v) is 10.5. The van der Waals surface area contributed by atoms with E-state index in [1.807, 2.05) is 0 Å². The van der Waals surface area contributed by atoms with Crippen LogP contribution in [0.1, 0.15) is 33.4 Å². The molecule has 0 atom stereocenters. The van der Waals surface area contributed by atoms with E-state index in [1.54, 1.807) is 10.4 Å². The van der Waals surface area contributed by atoms with Gasteiger partial charge < -0.3 is 14.9 Å². The monoisotopic (exact) mass is 490 g/mol. The molecule has 0 heterocycles. The summed E-state index contributed by atoms with van der Waals surface area (Å²) in [5.41, 5.74) is 8.50. The molecule has 0 spiro atoms. The van der Waals surface area contributed by atoms with Gasteiger partial charge in [-0.2, -0.15) is 10.4 Å². The second-order valence-electron chi connectivity index (χ2n) is 9.08. The van der Waals surface area contributed by atoms with Crippen LogP contribution in [0.4, 0.5) is 0 Å². The summed E-state index contributed by atoms with van der Waals surface area (Å²) in [7, 11) is -1.85. The van der Waals surface area contributed by atoms with Crippen LogP contribution in [-0.4, -0.2) is 8.07 Å². The first-order valence-electron chi connectivity index (χ1n) is 9.96. The summed E-state index contributed by atoms with van der Waals surface area (Å²) in [6.45, 7) is 18.6. The number of benzene rings is 2. The maximum atomic E-state index is 2.54. The molecule has 0 saturated carbocycles. The molecule has 0 aromatic heterocycles. The van der Waals surface area contributed by atoms with Gasteiger partial charge in [0, 0.05) is 8.07 Å². The molecule has 2 heteroatoms. The molecule has 0 aliphatic rings. The number of fused-ring (bicyclic) bond motifs is 2. The Balaban J connectivity index is 0.00000150. The average molecular weight is 492 g/mol. The van der Waals surface area contributed by atoms with E-state index in [9.17, 15) is 0 Å². The smallest absolute Gasteiger partial charge is 0.358 e. The Morgan fingerprint density at radius 1 is 0.567 bits per heavy atom. The van der Waals surface area contributed by atoms with Crippen molar-refractivity contribution in [2.45, 2.75) is 54.6 Å². The molecule has 0 radical (unpaired) electrons. The van der Waals surface area contributed by atoms with Gasteiger partial charge in [0.1, 0.15) is 0 Å². The molecule has 156 valence electrons. The van der Waals surface area contributed by atoms with E-state index in [4.69, 9.17) is 0 Å². The summed E-state index contributed by atoms with van der Waals surface area (Å²) in [5, 5.41) is 9.01. The fourth-order valence-corrected chi connectivity index (χ4v) is 9.31. The van der Waals surface area contributed by atoms with Crippen molar-refractivity contribution in [3.05, 3.63) is 84.6 Å². The van der Waals surface area contributed by atoms with E-state index in [-0.39, 0.29) is 41.1 Å². The summed E-state index contributed by atoms with van der Waals surface area (Å²) in [6.07, 6.45) is 0. The van der Waals surface area contributed by atoms with E-state index < -0.39 is 8.07 Å². The molecule has 4 rings (SSSR count). The molecule has 0 N–H and O–H groups in total. The zero-order valence-electron chi connectivity index (χ0n) is 20.5. The fourth-order valence-electron chi connectivity index (χ4n) is 5.17. The molecule has 0 bridgehead atoms. The molecule has 0 aliphatic carbocycles. The number of hydrogen-bond acceptors (Lipinski definition) is 0. The van der Waals surface area contributed by atoms with Gasteiger partial charge in [-0.15, -0.1) is 69.1 Å². The quantitative estimate of drug-likeness (QED) is 0.209. The van der Waals surface area contributed by atoms with E-state index in [0.717, 1.165) is 0 Å². The van der Waals surface area contributed by atoms with Gasteiger partial charge in [-0.25, -0.2) is 0 Å². The average Bonchev–Trinajstić information content (AvgIpc) is 3.04. The third kappa shape index (κ3) is 3.98. The summed E-state index contributed by atoms with van der Waals surface area (Å²) in [4.78, 5) is 0. The maximum absolute atomic E-state index is 2.54. The van der Waals surface area contributed by atoms with Crippen LogP contribution in [0.15, 0.2) is 36.4 Å². The van der Waals surface area contributed by atoms with Crippen LogP contribution >= 0.6 is 0 Å². The van der Waals surface area contributed by atoms with Crippen molar-refractivity contribution in [3.63, 3.8) is 0 Å². The molecule has 4 aromatic carbocycles. The van der Waals surface area contributed by atoms with Crippen LogP contribution in [0.2, 0.25) is 13.1 Å². The number of aryl methyl sites for hydroxylation is 6. The zero-order valence-corrected chi connectivity index (χ0v) is 23.9. The van der Waals surface area contributed by atoms with Gasteiger partial charge in [0.25, 0.3) is 0 Å². The Labute approximate surface area is 204 Å². The van der Waals surface area contributed by atoms with Gasteiger partial charge in [-0.3, -0.25) is 0 Å². The second kappa shape index (κ2) is 9.09. The Bertz CT molecular complexity index is 1110. The van der Waals surface area contributed by atoms with Gasteiger partial charge in [0.15, 0.2) is 0 Å². The van der Waals surface area contributed by atoms with E-state index in [1.165, 1.54) is 54.9 Å². The molecule has 30 heavy (non-hydrogen) atoms. The van der Waals surface area contributed by atoms with E-state index >= 15 is 0 Å². The van der Waals surface area contributed by atoms with Crippen LogP contribution in [-0.2, 0) is 26.2 Å². The first-order chi connectivity index (χ1) is 12.6. The Morgan fingerprint density at radius 3 is 1.20 bits per heavy atom. The van der Waals surface area contributed by atoms with Crippen molar-refractivity contribution in [1.29, 1.82) is 0 Å². The van der Waals surface area contributed by atoms with Crippen molar-refractivity contribution in [2.24, 2.45) is 0 Å². The topological polar surface area (TPSA) is 0 Å². The van der Waals surface area contributed by atoms with Crippen molar-refractivity contribution >= 4 is 40.0 Å². The van der Waals surface area contributed by atoms with Crippen molar-refractivity contribution in [2.75, 3.05) is 0 Å². The molecular formula is C28H36SiZr. The van der Waals surface area contributed by atoms with Gasteiger partial charge in [-0.1, -0.05) is 49.2 Å². The predicted octanol–water partition coefficient (Wildman–Crippen LogP) is 7.00. The van der Waals surface area contributed by atoms with E-state index in [2.05, 4.69) is 91.0 Å². The van der Waals surface area contributed by atoms with Crippen LogP contribution in [0.3, 0.4) is 0 Å². The molecule has 0 amide bonds. The fraction of sp³-hybridized carbons (Fsp3) is 0.286. The molecule has 0 nitrogen and oxygen atoms in total. The Kier molecular flexibility index (Phi) is 8.12. The standard InChI is InChI=1S/C26H30Si.2CH3.Zr/c1-15-9-21-11-19(5)25(23(21)13-17(15)3)27(7,8)26-20(6)12-22-10-16(2)18(4)14-24(22)26;;;/h9-14H,1-8H3;2*1H3;/q-2;2*-1;+4. The first kappa shape index (κ1) is 26.8. The third-order valence-electron chi connectivity index (χ3n) is 6.65. The summed E-state index contributed by atoms with van der Waals surface area (Å²) >= 11 is 0. The van der Waals surface area contributed by atoms with Crippen LogP contribution in [0.5, 0.6) is 0 Å².